The van der Waals surface area contributed by atoms with E-state index in [9.17, 15) is 13.2 Å². The number of aryl methyl sites for hydroxylation is 1. The minimum Gasteiger partial charge on any atom is -0.406 e. The van der Waals surface area contributed by atoms with E-state index in [1.165, 1.54) is 12.1 Å². The molecule has 0 amide bonds. The van der Waals surface area contributed by atoms with Gasteiger partial charge in [0.2, 0.25) is 0 Å². The van der Waals surface area contributed by atoms with Gasteiger partial charge < -0.3 is 10.5 Å². The summed E-state index contributed by atoms with van der Waals surface area (Å²) in [6.45, 7) is 3.67. The lowest BCUT2D eigenvalue weighted by molar-refractivity contribution is -0.274. The van der Waals surface area contributed by atoms with Gasteiger partial charge in [0.25, 0.3) is 0 Å². The van der Waals surface area contributed by atoms with Crippen molar-refractivity contribution < 1.29 is 17.9 Å². The molecule has 0 saturated carbocycles. The zero-order valence-corrected chi connectivity index (χ0v) is 12.9. The highest BCUT2D eigenvalue weighted by molar-refractivity contribution is 9.10. The molecule has 0 radical (unpaired) electrons. The van der Waals surface area contributed by atoms with Crippen LogP contribution in [0.2, 0.25) is 0 Å². The third-order valence-electron chi connectivity index (χ3n) is 3.01. The molecule has 0 bridgehead atoms. The van der Waals surface area contributed by atoms with Crippen molar-refractivity contribution in [2.75, 3.05) is 5.73 Å². The van der Waals surface area contributed by atoms with E-state index >= 15 is 0 Å². The first-order valence-electron chi connectivity index (χ1n) is 6.05. The highest BCUT2D eigenvalue weighted by atomic mass is 79.9. The fourth-order valence-electron chi connectivity index (χ4n) is 1.93. The monoisotopic (exact) mass is 363 g/mol. The van der Waals surface area contributed by atoms with E-state index in [1.807, 2.05) is 13.8 Å². The number of halogens is 4. The van der Waals surface area contributed by atoms with Crippen LogP contribution < -0.4 is 10.5 Å². The number of alkyl halides is 3. The minimum absolute atomic E-state index is 0.213. The summed E-state index contributed by atoms with van der Waals surface area (Å²) in [7, 11) is 0. The number of ether oxygens (including phenoxy) is 1. The molecule has 2 aromatic rings. The van der Waals surface area contributed by atoms with Crippen LogP contribution in [-0.4, -0.2) is 16.1 Å². The van der Waals surface area contributed by atoms with Crippen LogP contribution >= 0.6 is 15.9 Å². The second-order valence-corrected chi connectivity index (χ2v) is 5.32. The number of nitrogens with two attached hydrogens (primary N) is 1. The molecule has 114 valence electrons. The first kappa shape index (κ1) is 15.7. The Morgan fingerprint density at radius 3 is 2.29 bits per heavy atom. The van der Waals surface area contributed by atoms with Gasteiger partial charge in [-0.1, -0.05) is 12.1 Å². The standard InChI is InChI=1S/C13H13BrF3N3O/c1-7-11(14)12(18)20(19-7)8(2)9-3-5-10(6-4-9)21-13(15,16)17/h3-6,8H,18H2,1-2H3. The number of benzene rings is 1. The number of anilines is 1. The van der Waals surface area contributed by atoms with Crippen LogP contribution in [0.1, 0.15) is 24.2 Å². The maximum Gasteiger partial charge on any atom is 0.573 e. The third-order valence-corrected chi connectivity index (χ3v) is 3.99. The summed E-state index contributed by atoms with van der Waals surface area (Å²) < 4.78 is 42.5. The van der Waals surface area contributed by atoms with Crippen LogP contribution in [0.4, 0.5) is 19.0 Å². The van der Waals surface area contributed by atoms with Crippen molar-refractivity contribution in [3.05, 3.63) is 40.0 Å². The van der Waals surface area contributed by atoms with Crippen molar-refractivity contribution in [2.24, 2.45) is 0 Å². The molecule has 1 heterocycles. The lowest BCUT2D eigenvalue weighted by Crippen LogP contribution is -2.17. The van der Waals surface area contributed by atoms with Gasteiger partial charge in [0, 0.05) is 0 Å². The minimum atomic E-state index is -4.69. The van der Waals surface area contributed by atoms with Gasteiger partial charge in [0.1, 0.15) is 11.6 Å². The zero-order chi connectivity index (χ0) is 15.8. The second-order valence-electron chi connectivity index (χ2n) is 4.52. The fourth-order valence-corrected chi connectivity index (χ4v) is 2.19. The summed E-state index contributed by atoms with van der Waals surface area (Å²) in [5.74, 6) is 0.208. The molecule has 1 aromatic heterocycles. The summed E-state index contributed by atoms with van der Waals surface area (Å²) >= 11 is 3.33. The molecule has 1 unspecified atom stereocenters. The van der Waals surface area contributed by atoms with Gasteiger partial charge in [-0.3, -0.25) is 0 Å². The van der Waals surface area contributed by atoms with Gasteiger partial charge in [-0.15, -0.1) is 13.2 Å². The molecule has 1 atom stereocenters. The van der Waals surface area contributed by atoms with Crippen molar-refractivity contribution in [1.82, 2.24) is 9.78 Å². The molecule has 2 rings (SSSR count). The molecule has 4 nitrogen and oxygen atoms in total. The number of rotatable bonds is 3. The molecule has 21 heavy (non-hydrogen) atoms. The zero-order valence-electron chi connectivity index (χ0n) is 11.3. The molecule has 0 aliphatic rings. The molecular formula is C13H13BrF3N3O. The number of aromatic nitrogens is 2. The highest BCUT2D eigenvalue weighted by Crippen LogP contribution is 2.30. The molecule has 0 saturated heterocycles. The van der Waals surface area contributed by atoms with Crippen molar-refractivity contribution in [2.45, 2.75) is 26.3 Å². The van der Waals surface area contributed by atoms with E-state index in [0.717, 1.165) is 11.3 Å². The molecule has 1 aromatic carbocycles. The maximum absolute atomic E-state index is 12.1. The number of nitrogens with zero attached hydrogens (tertiary/aromatic N) is 2. The number of hydrogen-bond acceptors (Lipinski definition) is 3. The van der Waals surface area contributed by atoms with Crippen molar-refractivity contribution >= 4 is 21.7 Å². The molecule has 0 fully saturated rings. The Hall–Kier alpha value is -1.70. The Morgan fingerprint density at radius 1 is 1.29 bits per heavy atom. The van der Waals surface area contributed by atoms with Gasteiger partial charge in [0.15, 0.2) is 0 Å². The van der Waals surface area contributed by atoms with Gasteiger partial charge >= 0.3 is 6.36 Å². The van der Waals surface area contributed by atoms with E-state index in [1.54, 1.807) is 16.8 Å². The summed E-state index contributed by atoms with van der Waals surface area (Å²) in [4.78, 5) is 0. The van der Waals surface area contributed by atoms with Crippen LogP contribution in [0.15, 0.2) is 28.7 Å². The normalized spacial score (nSPS) is 13.2. The summed E-state index contributed by atoms with van der Waals surface area (Å²) in [6, 6.07) is 5.42. The van der Waals surface area contributed by atoms with Crippen LogP contribution in [-0.2, 0) is 0 Å². The third kappa shape index (κ3) is 3.49. The maximum atomic E-state index is 12.1. The molecule has 0 aliphatic heterocycles. The highest BCUT2D eigenvalue weighted by Gasteiger charge is 2.31. The molecule has 2 N–H and O–H groups in total. The Bertz CT molecular complexity index is 637. The molecule has 0 aliphatic carbocycles. The van der Waals surface area contributed by atoms with E-state index in [0.29, 0.717) is 10.3 Å². The first-order chi connectivity index (χ1) is 9.69. The summed E-state index contributed by atoms with van der Waals surface area (Å²) in [5, 5.41) is 4.30. The van der Waals surface area contributed by atoms with Crippen molar-refractivity contribution in [3.63, 3.8) is 0 Å². The smallest absolute Gasteiger partial charge is 0.406 e. The van der Waals surface area contributed by atoms with E-state index in [4.69, 9.17) is 5.73 Å². The van der Waals surface area contributed by atoms with Crippen molar-refractivity contribution in [1.29, 1.82) is 0 Å². The van der Waals surface area contributed by atoms with Gasteiger partial charge in [0.05, 0.1) is 16.2 Å². The SMILES string of the molecule is Cc1nn(C(C)c2ccc(OC(F)(F)F)cc2)c(N)c1Br. The van der Waals surface area contributed by atoms with Crippen LogP contribution in [0.3, 0.4) is 0 Å². The number of hydrogen-bond donors (Lipinski definition) is 1. The quantitative estimate of drug-likeness (QED) is 0.894. The topological polar surface area (TPSA) is 53.1 Å². The largest absolute Gasteiger partial charge is 0.573 e. The average Bonchev–Trinajstić information content (AvgIpc) is 2.65. The lowest BCUT2D eigenvalue weighted by Gasteiger charge is -2.15. The van der Waals surface area contributed by atoms with Crippen LogP contribution in [0, 0.1) is 6.92 Å². The Balaban J connectivity index is 2.24. The Kier molecular flexibility index (Phi) is 4.18. The van der Waals surface area contributed by atoms with Crippen LogP contribution in [0.25, 0.3) is 0 Å². The van der Waals surface area contributed by atoms with Crippen LogP contribution in [0.5, 0.6) is 5.75 Å². The molecule has 0 spiro atoms. The first-order valence-corrected chi connectivity index (χ1v) is 6.84. The predicted molar refractivity (Wildman–Crippen MR) is 76.0 cm³/mol. The summed E-state index contributed by atoms with van der Waals surface area (Å²) in [6.07, 6.45) is -4.69. The fraction of sp³-hybridized carbons (Fsp3) is 0.308. The van der Waals surface area contributed by atoms with E-state index in [-0.39, 0.29) is 11.8 Å². The van der Waals surface area contributed by atoms with Crippen molar-refractivity contribution in [3.8, 4) is 5.75 Å². The molecule has 8 heteroatoms. The van der Waals surface area contributed by atoms with E-state index in [2.05, 4.69) is 25.8 Å². The molecular weight excluding hydrogens is 351 g/mol. The summed E-state index contributed by atoms with van der Waals surface area (Å²) in [5.41, 5.74) is 7.45. The van der Waals surface area contributed by atoms with Gasteiger partial charge in [-0.2, -0.15) is 5.10 Å². The van der Waals surface area contributed by atoms with Gasteiger partial charge in [-0.25, -0.2) is 4.68 Å². The predicted octanol–water partition coefficient (Wildman–Crippen LogP) is 4.04. The average molecular weight is 364 g/mol. The van der Waals surface area contributed by atoms with Gasteiger partial charge in [-0.05, 0) is 47.5 Å². The second kappa shape index (κ2) is 5.59. The van der Waals surface area contributed by atoms with E-state index < -0.39 is 6.36 Å². The Labute approximate surface area is 127 Å². The Morgan fingerprint density at radius 2 is 1.86 bits per heavy atom. The number of nitrogen functional groups attached to an aromatic ring is 1. The lowest BCUT2D eigenvalue weighted by atomic mass is 10.1.